The number of rotatable bonds is 10. The zero-order valence-electron chi connectivity index (χ0n) is 21.9. The van der Waals surface area contributed by atoms with E-state index in [2.05, 4.69) is 20.9 Å². The molecule has 11 nitrogen and oxygen atoms in total. The molecule has 1 fully saturated rings. The van der Waals surface area contributed by atoms with Gasteiger partial charge in [0.15, 0.2) is 0 Å². The molecular weight excluding hydrogens is 528 g/mol. The third-order valence-corrected chi connectivity index (χ3v) is 7.61. The van der Waals surface area contributed by atoms with Crippen molar-refractivity contribution in [1.29, 1.82) is 0 Å². The summed E-state index contributed by atoms with van der Waals surface area (Å²) in [6.45, 7) is 8.53. The highest BCUT2D eigenvalue weighted by Gasteiger charge is 2.25. The number of hydrogen-bond donors (Lipinski definition) is 4. The molecule has 38 heavy (non-hydrogen) atoms. The standard InChI is InChI=1S/C25H32N6O5S2/c1-14-11-18(16(3)21(33)29-14)22(34)27-7-5-26-6-8-28-23(35)19-12-15(2)31(24(36)17(19)4)13-20(32)30-9-10-38-25(30)37/h11-12,26H,5-10,13H2,1-4H3,(H,27,34)(H,28,35)(H,29,33). The van der Waals surface area contributed by atoms with E-state index in [0.29, 0.717) is 59.6 Å². The highest BCUT2D eigenvalue weighted by molar-refractivity contribution is 8.23. The van der Waals surface area contributed by atoms with Crippen molar-refractivity contribution in [2.24, 2.45) is 0 Å². The molecule has 3 heterocycles. The predicted molar refractivity (Wildman–Crippen MR) is 151 cm³/mol. The van der Waals surface area contributed by atoms with E-state index in [0.717, 1.165) is 5.75 Å². The molecule has 2 aromatic rings. The molecule has 2 aromatic heterocycles. The van der Waals surface area contributed by atoms with Gasteiger partial charge in [0.25, 0.3) is 22.9 Å². The molecule has 0 atom stereocenters. The van der Waals surface area contributed by atoms with E-state index in [9.17, 15) is 24.0 Å². The number of aryl methyl sites for hydroxylation is 2. The molecule has 0 aromatic carbocycles. The summed E-state index contributed by atoms with van der Waals surface area (Å²) in [4.78, 5) is 66.6. The number of carbonyl (C=O) groups excluding carboxylic acids is 3. The highest BCUT2D eigenvalue weighted by Crippen LogP contribution is 2.18. The topological polar surface area (TPSA) is 145 Å². The van der Waals surface area contributed by atoms with E-state index in [1.807, 2.05) is 0 Å². The van der Waals surface area contributed by atoms with Crippen LogP contribution in [0.2, 0.25) is 0 Å². The maximum atomic E-state index is 12.9. The van der Waals surface area contributed by atoms with E-state index in [-0.39, 0.29) is 46.5 Å². The number of aromatic nitrogens is 2. The number of nitrogens with zero attached hydrogens (tertiary/aromatic N) is 2. The SMILES string of the molecule is Cc1cc(C(=O)NCCNCCNC(=O)c2cc(C)n(CC(=O)N3CCSC3=S)c(=O)c2C)c(C)c(=O)[nH]1. The molecule has 204 valence electrons. The van der Waals surface area contributed by atoms with Crippen molar-refractivity contribution in [3.05, 3.63) is 66.5 Å². The Bertz CT molecular complexity index is 1380. The number of carbonyl (C=O) groups is 3. The molecule has 3 rings (SSSR count). The van der Waals surface area contributed by atoms with Crippen molar-refractivity contribution in [3.63, 3.8) is 0 Å². The van der Waals surface area contributed by atoms with Gasteiger partial charge >= 0.3 is 0 Å². The first-order chi connectivity index (χ1) is 18.0. The van der Waals surface area contributed by atoms with Crippen molar-refractivity contribution in [2.75, 3.05) is 38.5 Å². The van der Waals surface area contributed by atoms with Crippen LogP contribution in [0, 0.1) is 27.7 Å². The normalized spacial score (nSPS) is 13.1. The number of thiocarbonyl (C=S) groups is 1. The minimum atomic E-state index is -0.388. The fourth-order valence-electron chi connectivity index (χ4n) is 3.98. The van der Waals surface area contributed by atoms with Gasteiger partial charge in [-0.2, -0.15) is 0 Å². The molecule has 4 N–H and O–H groups in total. The van der Waals surface area contributed by atoms with Crippen LogP contribution >= 0.6 is 24.0 Å². The lowest BCUT2D eigenvalue weighted by Crippen LogP contribution is -2.39. The Morgan fingerprint density at radius 2 is 1.55 bits per heavy atom. The lowest BCUT2D eigenvalue weighted by atomic mass is 10.1. The van der Waals surface area contributed by atoms with Gasteiger partial charge in [-0.25, -0.2) is 0 Å². The maximum Gasteiger partial charge on any atom is 0.254 e. The van der Waals surface area contributed by atoms with Crippen molar-refractivity contribution < 1.29 is 14.4 Å². The molecule has 1 aliphatic heterocycles. The number of H-pyrrole nitrogens is 1. The predicted octanol–water partition coefficient (Wildman–Crippen LogP) is 0.380. The summed E-state index contributed by atoms with van der Waals surface area (Å²) >= 11 is 6.63. The van der Waals surface area contributed by atoms with Gasteiger partial charge in [-0.05, 0) is 39.8 Å². The molecule has 0 spiro atoms. The van der Waals surface area contributed by atoms with E-state index in [4.69, 9.17) is 12.2 Å². The summed E-state index contributed by atoms with van der Waals surface area (Å²) in [5.74, 6) is -0.202. The fourth-order valence-corrected chi connectivity index (χ4v) is 5.22. The van der Waals surface area contributed by atoms with Crippen LogP contribution in [-0.2, 0) is 11.3 Å². The van der Waals surface area contributed by atoms with E-state index < -0.39 is 0 Å². The number of aromatic amines is 1. The van der Waals surface area contributed by atoms with Crippen molar-refractivity contribution in [2.45, 2.75) is 34.2 Å². The molecule has 0 radical (unpaired) electrons. The minimum Gasteiger partial charge on any atom is -0.351 e. The van der Waals surface area contributed by atoms with E-state index in [1.54, 1.807) is 39.8 Å². The largest absolute Gasteiger partial charge is 0.351 e. The molecule has 0 unspecified atom stereocenters. The molecule has 0 aliphatic carbocycles. The third-order valence-electron chi connectivity index (χ3n) is 6.18. The minimum absolute atomic E-state index is 0.130. The smallest absolute Gasteiger partial charge is 0.254 e. The Hall–Kier alpha value is -3.29. The van der Waals surface area contributed by atoms with Crippen LogP contribution < -0.4 is 27.1 Å². The lowest BCUT2D eigenvalue weighted by Gasteiger charge is -2.18. The Labute approximate surface area is 229 Å². The highest BCUT2D eigenvalue weighted by atomic mass is 32.2. The number of nitrogens with one attached hydrogen (secondary N) is 4. The Balaban J connectivity index is 1.46. The quantitative estimate of drug-likeness (QED) is 0.241. The van der Waals surface area contributed by atoms with Gasteiger partial charge in [0.2, 0.25) is 5.91 Å². The third kappa shape index (κ3) is 6.97. The first-order valence-electron chi connectivity index (χ1n) is 12.2. The monoisotopic (exact) mass is 560 g/mol. The number of amides is 3. The summed E-state index contributed by atoms with van der Waals surface area (Å²) < 4.78 is 1.88. The fraction of sp³-hybridized carbons (Fsp3) is 0.440. The zero-order chi connectivity index (χ0) is 28.0. The Kier molecular flexibility index (Phi) is 10.00. The van der Waals surface area contributed by atoms with Gasteiger partial charge in [-0.3, -0.25) is 28.9 Å². The van der Waals surface area contributed by atoms with Crippen LogP contribution in [0.15, 0.2) is 21.7 Å². The van der Waals surface area contributed by atoms with Crippen LogP contribution in [0.3, 0.4) is 0 Å². The number of thioether (sulfide) groups is 1. The van der Waals surface area contributed by atoms with Crippen LogP contribution in [-0.4, -0.2) is 75.0 Å². The summed E-state index contributed by atoms with van der Waals surface area (Å²) in [6, 6.07) is 3.24. The second-order valence-electron chi connectivity index (χ2n) is 8.96. The molecule has 3 amide bonds. The summed E-state index contributed by atoms with van der Waals surface area (Å²) in [5, 5.41) is 8.66. The Morgan fingerprint density at radius 3 is 2.13 bits per heavy atom. The molecule has 1 aliphatic rings. The van der Waals surface area contributed by atoms with E-state index >= 15 is 0 Å². The van der Waals surface area contributed by atoms with Crippen LogP contribution in [0.5, 0.6) is 0 Å². The van der Waals surface area contributed by atoms with E-state index in [1.165, 1.54) is 21.2 Å². The maximum absolute atomic E-state index is 12.9. The average Bonchev–Trinajstić information content (AvgIpc) is 3.31. The zero-order valence-corrected chi connectivity index (χ0v) is 23.5. The summed E-state index contributed by atoms with van der Waals surface area (Å²) in [5.41, 5.74) is 1.68. The first kappa shape index (κ1) is 29.3. The van der Waals surface area contributed by atoms with Gasteiger partial charge in [0.1, 0.15) is 10.9 Å². The van der Waals surface area contributed by atoms with Crippen LogP contribution in [0.4, 0.5) is 0 Å². The number of hydrogen-bond acceptors (Lipinski definition) is 8. The lowest BCUT2D eigenvalue weighted by molar-refractivity contribution is -0.127. The van der Waals surface area contributed by atoms with Crippen molar-refractivity contribution in [3.8, 4) is 0 Å². The summed E-state index contributed by atoms with van der Waals surface area (Å²) in [7, 11) is 0. The average molecular weight is 561 g/mol. The molecular formula is C25H32N6O5S2. The second-order valence-corrected chi connectivity index (χ2v) is 10.7. The first-order valence-corrected chi connectivity index (χ1v) is 13.6. The van der Waals surface area contributed by atoms with Gasteiger partial charge in [-0.1, -0.05) is 24.0 Å². The second kappa shape index (κ2) is 13.0. The van der Waals surface area contributed by atoms with Gasteiger partial charge in [-0.15, -0.1) is 0 Å². The number of pyridine rings is 2. The Morgan fingerprint density at radius 1 is 0.947 bits per heavy atom. The molecule has 1 saturated heterocycles. The molecule has 13 heteroatoms. The van der Waals surface area contributed by atoms with Crippen LogP contribution in [0.25, 0.3) is 0 Å². The summed E-state index contributed by atoms with van der Waals surface area (Å²) in [6.07, 6.45) is 0. The van der Waals surface area contributed by atoms with Gasteiger partial charge in [0.05, 0.1) is 0 Å². The van der Waals surface area contributed by atoms with Crippen molar-refractivity contribution in [1.82, 2.24) is 30.4 Å². The van der Waals surface area contributed by atoms with Gasteiger partial charge in [0, 0.05) is 72.1 Å². The molecule has 0 bridgehead atoms. The van der Waals surface area contributed by atoms with Crippen LogP contribution in [0.1, 0.15) is 43.2 Å². The van der Waals surface area contributed by atoms with Gasteiger partial charge < -0.3 is 25.5 Å². The van der Waals surface area contributed by atoms with Crippen molar-refractivity contribution >= 4 is 46.0 Å². The molecule has 0 saturated carbocycles.